The molecule has 5 nitrogen and oxygen atoms in total. The lowest BCUT2D eigenvalue weighted by Gasteiger charge is -2.15. The number of benzene rings is 1. The quantitative estimate of drug-likeness (QED) is 0.752. The number of esters is 1. The molecular weight excluding hydrogens is 306 g/mol. The highest BCUT2D eigenvalue weighted by atomic mass is 16.5. The van der Waals surface area contributed by atoms with E-state index in [1.807, 2.05) is 25.1 Å². The topological polar surface area (TPSA) is 64.6 Å². The largest absolute Gasteiger partial charge is 0.466 e. The summed E-state index contributed by atoms with van der Waals surface area (Å²) in [7, 11) is 1.71. The number of carbonyl (C=O) groups excluding carboxylic acids is 2. The van der Waals surface area contributed by atoms with Gasteiger partial charge < -0.3 is 14.8 Å². The zero-order chi connectivity index (χ0) is 17.5. The summed E-state index contributed by atoms with van der Waals surface area (Å²) in [5.41, 5.74) is 0.961. The molecule has 1 aromatic rings. The summed E-state index contributed by atoms with van der Waals surface area (Å²) in [6.07, 6.45) is 5.39. The van der Waals surface area contributed by atoms with Gasteiger partial charge in [-0.3, -0.25) is 9.59 Å². The van der Waals surface area contributed by atoms with Gasteiger partial charge in [0.05, 0.1) is 25.0 Å². The maximum Gasteiger partial charge on any atom is 0.307 e. The van der Waals surface area contributed by atoms with Crippen LogP contribution in [0.1, 0.15) is 38.2 Å². The van der Waals surface area contributed by atoms with Crippen LogP contribution in [0, 0.1) is 0 Å². The number of hydrogen-bond acceptors (Lipinski definition) is 4. The van der Waals surface area contributed by atoms with Gasteiger partial charge in [-0.25, -0.2) is 0 Å². The minimum atomic E-state index is -0.294. The summed E-state index contributed by atoms with van der Waals surface area (Å²) in [5.74, 6) is -0.656. The van der Waals surface area contributed by atoms with Crippen molar-refractivity contribution in [3.8, 4) is 0 Å². The van der Waals surface area contributed by atoms with Crippen LogP contribution in [0.3, 0.4) is 0 Å². The van der Waals surface area contributed by atoms with Gasteiger partial charge in [0.2, 0.25) is 5.91 Å². The molecule has 1 aliphatic carbocycles. The molecule has 2 unspecified atom stereocenters. The molecule has 24 heavy (non-hydrogen) atoms. The van der Waals surface area contributed by atoms with Gasteiger partial charge in [0.25, 0.3) is 0 Å². The van der Waals surface area contributed by atoms with Crippen molar-refractivity contribution in [3.63, 3.8) is 0 Å². The Morgan fingerprint density at radius 1 is 1.33 bits per heavy atom. The van der Waals surface area contributed by atoms with Gasteiger partial charge in [-0.1, -0.05) is 24.3 Å². The number of carbonyl (C=O) groups is 2. The van der Waals surface area contributed by atoms with Crippen molar-refractivity contribution in [2.75, 3.05) is 20.3 Å². The van der Waals surface area contributed by atoms with E-state index in [1.165, 1.54) is 0 Å². The monoisotopic (exact) mass is 331 g/mol. The molecule has 0 heterocycles. The zero-order valence-electron chi connectivity index (χ0n) is 14.5. The van der Waals surface area contributed by atoms with E-state index in [0.29, 0.717) is 13.2 Å². The molecule has 0 saturated carbocycles. The average molecular weight is 331 g/mol. The van der Waals surface area contributed by atoms with E-state index in [-0.39, 0.29) is 30.3 Å². The fraction of sp³-hybridized carbons (Fsp3) is 0.474. The fourth-order valence-corrected chi connectivity index (χ4v) is 2.69. The Morgan fingerprint density at radius 2 is 2.12 bits per heavy atom. The van der Waals surface area contributed by atoms with Crippen molar-refractivity contribution in [3.05, 3.63) is 34.2 Å². The van der Waals surface area contributed by atoms with Crippen LogP contribution in [0.5, 0.6) is 0 Å². The molecule has 1 aliphatic rings. The van der Waals surface area contributed by atoms with Crippen LogP contribution in [0.25, 0.3) is 12.2 Å². The molecule has 1 aromatic carbocycles. The van der Waals surface area contributed by atoms with Crippen molar-refractivity contribution in [1.29, 1.82) is 0 Å². The van der Waals surface area contributed by atoms with Crippen LogP contribution in [-0.4, -0.2) is 38.2 Å². The molecular formula is C19H25NO4. The Labute approximate surface area is 142 Å². The highest BCUT2D eigenvalue weighted by Crippen LogP contribution is 2.13. The predicted octanol–water partition coefficient (Wildman–Crippen LogP) is 0.839. The van der Waals surface area contributed by atoms with Crippen molar-refractivity contribution < 1.29 is 19.1 Å². The van der Waals surface area contributed by atoms with Gasteiger partial charge in [0, 0.05) is 13.7 Å². The predicted molar refractivity (Wildman–Crippen MR) is 92.7 cm³/mol. The van der Waals surface area contributed by atoms with E-state index in [2.05, 4.69) is 17.5 Å². The zero-order valence-corrected chi connectivity index (χ0v) is 14.5. The summed E-state index contributed by atoms with van der Waals surface area (Å²) in [6, 6.07) is 6.04. The Balaban J connectivity index is 1.99. The number of ether oxygens (including phenoxy) is 2. The third-order valence-electron chi connectivity index (χ3n) is 4.18. The highest BCUT2D eigenvalue weighted by molar-refractivity contribution is 5.83. The summed E-state index contributed by atoms with van der Waals surface area (Å²) in [6.45, 7) is 4.28. The summed E-state index contributed by atoms with van der Waals surface area (Å²) < 4.78 is 10.2. The maximum atomic E-state index is 12.2. The molecule has 5 heteroatoms. The van der Waals surface area contributed by atoms with Gasteiger partial charge in [-0.2, -0.15) is 0 Å². The van der Waals surface area contributed by atoms with Crippen LogP contribution < -0.4 is 15.8 Å². The van der Waals surface area contributed by atoms with Crippen LogP contribution in [0.15, 0.2) is 18.2 Å². The lowest BCUT2D eigenvalue weighted by molar-refractivity contribution is -0.143. The first-order valence-electron chi connectivity index (χ1n) is 8.33. The second kappa shape index (κ2) is 8.64. The van der Waals surface area contributed by atoms with Crippen LogP contribution in [0.2, 0.25) is 0 Å². The molecule has 130 valence electrons. The van der Waals surface area contributed by atoms with Gasteiger partial charge in [0.1, 0.15) is 0 Å². The molecule has 0 radical (unpaired) electrons. The lowest BCUT2D eigenvalue weighted by atomic mass is 9.96. The normalized spacial score (nSPS) is 17.0. The highest BCUT2D eigenvalue weighted by Gasteiger charge is 2.16. The van der Waals surface area contributed by atoms with Crippen molar-refractivity contribution in [2.24, 2.45) is 0 Å². The lowest BCUT2D eigenvalue weighted by Crippen LogP contribution is -2.34. The molecule has 1 amide bonds. The number of rotatable bonds is 7. The van der Waals surface area contributed by atoms with E-state index < -0.39 is 0 Å². The SMILES string of the molecule is CCOC(=O)CCNC(=O)C(C)c1ccc2c(c1)=CCC(OC)C=2. The number of fused-ring (bicyclic) bond motifs is 1. The van der Waals surface area contributed by atoms with Gasteiger partial charge in [0.15, 0.2) is 0 Å². The van der Waals surface area contributed by atoms with Crippen molar-refractivity contribution in [1.82, 2.24) is 5.32 Å². The van der Waals surface area contributed by atoms with E-state index >= 15 is 0 Å². The molecule has 0 aromatic heterocycles. The van der Waals surface area contributed by atoms with Crippen LogP contribution >= 0.6 is 0 Å². The standard InChI is InChI=1S/C19H25NO4/c1-4-24-18(21)9-10-20-19(22)13(2)14-5-6-16-12-17(23-3)8-7-15(16)11-14/h5-7,11-13,17H,4,8-10H2,1-3H3,(H,20,22). The van der Waals surface area contributed by atoms with Gasteiger partial charge in [-0.05, 0) is 42.3 Å². The molecule has 0 saturated heterocycles. The maximum absolute atomic E-state index is 12.2. The number of nitrogens with one attached hydrogen (secondary N) is 1. The van der Waals surface area contributed by atoms with Crippen LogP contribution in [0.4, 0.5) is 0 Å². The minimum Gasteiger partial charge on any atom is -0.466 e. The average Bonchev–Trinajstić information content (AvgIpc) is 2.60. The summed E-state index contributed by atoms with van der Waals surface area (Å²) in [4.78, 5) is 23.5. The smallest absolute Gasteiger partial charge is 0.307 e. The second-order valence-electron chi connectivity index (χ2n) is 5.84. The fourth-order valence-electron chi connectivity index (χ4n) is 2.69. The van der Waals surface area contributed by atoms with E-state index in [0.717, 1.165) is 22.4 Å². The molecule has 1 N–H and O–H groups in total. The van der Waals surface area contributed by atoms with Gasteiger partial charge in [-0.15, -0.1) is 0 Å². The second-order valence-corrected chi connectivity index (χ2v) is 5.84. The summed E-state index contributed by atoms with van der Waals surface area (Å²) >= 11 is 0. The molecule has 0 aliphatic heterocycles. The molecule has 0 fully saturated rings. The minimum absolute atomic E-state index is 0.0891. The first kappa shape index (κ1) is 18.2. The molecule has 2 rings (SSSR count). The first-order chi connectivity index (χ1) is 11.5. The summed E-state index contributed by atoms with van der Waals surface area (Å²) in [5, 5.41) is 5.05. The Morgan fingerprint density at radius 3 is 2.83 bits per heavy atom. The number of methoxy groups -OCH3 is 1. The van der Waals surface area contributed by atoms with E-state index in [1.54, 1.807) is 14.0 Å². The third kappa shape index (κ3) is 4.68. The van der Waals surface area contributed by atoms with Crippen LogP contribution in [-0.2, 0) is 19.1 Å². The van der Waals surface area contributed by atoms with Crippen molar-refractivity contribution in [2.45, 2.75) is 38.7 Å². The first-order valence-corrected chi connectivity index (χ1v) is 8.33. The molecule has 0 bridgehead atoms. The molecule has 0 spiro atoms. The Hall–Kier alpha value is -2.14. The van der Waals surface area contributed by atoms with E-state index in [4.69, 9.17) is 9.47 Å². The Kier molecular flexibility index (Phi) is 6.55. The third-order valence-corrected chi connectivity index (χ3v) is 4.18. The van der Waals surface area contributed by atoms with Crippen molar-refractivity contribution >= 4 is 24.0 Å². The van der Waals surface area contributed by atoms with Gasteiger partial charge >= 0.3 is 5.97 Å². The Bertz CT molecular complexity index is 711. The number of amides is 1. The molecule has 2 atom stereocenters. The number of hydrogen-bond donors (Lipinski definition) is 1. The van der Waals surface area contributed by atoms with E-state index in [9.17, 15) is 9.59 Å².